The maximum Gasteiger partial charge on any atom is 0.229 e. The number of anilines is 1. The Bertz CT molecular complexity index is 760. The van der Waals surface area contributed by atoms with Crippen LogP contribution in [-0.2, 0) is 9.59 Å². The van der Waals surface area contributed by atoms with Crippen LogP contribution in [0.15, 0.2) is 22.7 Å². The maximum absolute atomic E-state index is 12.3. The van der Waals surface area contributed by atoms with Gasteiger partial charge in [0.1, 0.15) is 0 Å². The predicted molar refractivity (Wildman–Crippen MR) is 88.9 cm³/mol. The number of halogens is 1. The number of fused-ring (bicyclic) bond motifs is 1. The van der Waals surface area contributed by atoms with Crippen molar-refractivity contribution in [2.45, 2.75) is 19.4 Å². The number of rotatable bonds is 4. The van der Waals surface area contributed by atoms with E-state index in [1.807, 2.05) is 18.2 Å². The first-order chi connectivity index (χ1) is 11.0. The van der Waals surface area contributed by atoms with Crippen LogP contribution in [0.5, 0.6) is 0 Å². The van der Waals surface area contributed by atoms with E-state index in [1.54, 1.807) is 11.8 Å². The molecule has 1 fully saturated rings. The molecule has 2 aromatic rings. The molecule has 1 aromatic heterocycles. The van der Waals surface area contributed by atoms with Gasteiger partial charge in [-0.15, -0.1) is 0 Å². The van der Waals surface area contributed by atoms with E-state index >= 15 is 0 Å². The zero-order chi connectivity index (χ0) is 16.6. The van der Waals surface area contributed by atoms with Crippen molar-refractivity contribution in [3.05, 3.63) is 22.7 Å². The third-order valence-corrected chi connectivity index (χ3v) is 4.41. The summed E-state index contributed by atoms with van der Waals surface area (Å²) in [5.74, 6) is -0.232. The van der Waals surface area contributed by atoms with Crippen molar-refractivity contribution < 1.29 is 14.7 Å². The van der Waals surface area contributed by atoms with Gasteiger partial charge in [0.2, 0.25) is 11.8 Å². The number of carbonyl (C=O) groups is 2. The number of nitrogens with one attached hydrogen (secondary N) is 2. The molecule has 7 nitrogen and oxygen atoms in total. The van der Waals surface area contributed by atoms with Gasteiger partial charge in [-0.2, -0.15) is 5.10 Å². The van der Waals surface area contributed by atoms with E-state index < -0.39 is 5.92 Å². The molecule has 3 N–H and O–H groups in total. The van der Waals surface area contributed by atoms with E-state index in [1.165, 1.54) is 0 Å². The van der Waals surface area contributed by atoms with Gasteiger partial charge in [-0.1, -0.05) is 15.9 Å². The zero-order valence-corrected chi connectivity index (χ0v) is 14.1. The van der Waals surface area contributed by atoms with Crippen LogP contribution < -0.4 is 10.2 Å². The number of aromatic nitrogens is 2. The summed E-state index contributed by atoms with van der Waals surface area (Å²) in [5, 5.41) is 19.7. The molecule has 8 heteroatoms. The Labute approximate surface area is 141 Å². The smallest absolute Gasteiger partial charge is 0.229 e. The first-order valence-electron chi connectivity index (χ1n) is 7.35. The standard InChI is InChI=1S/C15H17BrN4O3/c1-8(7-21)17-15(23)9-4-13(22)20(6-9)14-11-3-2-10(16)5-12(11)18-19-14/h2-3,5,8-9,21H,4,6-7H2,1H3,(H,17,23)(H,18,19). The van der Waals surface area contributed by atoms with Crippen LogP contribution in [0.25, 0.3) is 10.9 Å². The fourth-order valence-corrected chi connectivity index (χ4v) is 3.04. The molecular formula is C15H17BrN4O3. The second kappa shape index (κ2) is 6.29. The molecule has 2 atom stereocenters. The molecule has 0 aliphatic carbocycles. The maximum atomic E-state index is 12.3. The molecule has 122 valence electrons. The van der Waals surface area contributed by atoms with Gasteiger partial charge in [0, 0.05) is 28.9 Å². The molecule has 2 heterocycles. The van der Waals surface area contributed by atoms with E-state index in [9.17, 15) is 9.59 Å². The molecule has 0 saturated carbocycles. The lowest BCUT2D eigenvalue weighted by Gasteiger charge is -2.16. The largest absolute Gasteiger partial charge is 0.394 e. The predicted octanol–water partition coefficient (Wildman–Crippen LogP) is 1.18. The number of aliphatic hydroxyl groups excluding tert-OH is 1. The Morgan fingerprint density at radius 1 is 1.61 bits per heavy atom. The Kier molecular flexibility index (Phi) is 4.36. The van der Waals surface area contributed by atoms with E-state index in [0.29, 0.717) is 12.4 Å². The van der Waals surface area contributed by atoms with Crippen molar-refractivity contribution in [2.24, 2.45) is 5.92 Å². The number of aliphatic hydroxyl groups is 1. The molecule has 2 amide bonds. The average molecular weight is 381 g/mol. The molecule has 0 radical (unpaired) electrons. The Morgan fingerprint density at radius 2 is 2.39 bits per heavy atom. The third kappa shape index (κ3) is 3.09. The number of amides is 2. The van der Waals surface area contributed by atoms with Crippen LogP contribution in [0.2, 0.25) is 0 Å². The highest BCUT2D eigenvalue weighted by Gasteiger charge is 2.37. The van der Waals surface area contributed by atoms with E-state index in [-0.39, 0.29) is 30.9 Å². The molecule has 2 unspecified atom stereocenters. The lowest BCUT2D eigenvalue weighted by Crippen LogP contribution is -2.40. The van der Waals surface area contributed by atoms with Crippen molar-refractivity contribution in [3.63, 3.8) is 0 Å². The summed E-state index contributed by atoms with van der Waals surface area (Å²) in [7, 11) is 0. The summed E-state index contributed by atoms with van der Waals surface area (Å²) in [6.45, 7) is 1.87. The van der Waals surface area contributed by atoms with Crippen molar-refractivity contribution in [3.8, 4) is 0 Å². The van der Waals surface area contributed by atoms with Crippen LogP contribution in [-0.4, -0.2) is 46.3 Å². The average Bonchev–Trinajstić information content (AvgIpc) is 3.09. The fraction of sp³-hybridized carbons (Fsp3) is 0.400. The molecule has 23 heavy (non-hydrogen) atoms. The summed E-state index contributed by atoms with van der Waals surface area (Å²) in [5.41, 5.74) is 0.823. The van der Waals surface area contributed by atoms with Gasteiger partial charge in [0.15, 0.2) is 5.82 Å². The van der Waals surface area contributed by atoms with Gasteiger partial charge in [-0.3, -0.25) is 19.6 Å². The minimum absolute atomic E-state index is 0.127. The van der Waals surface area contributed by atoms with Crippen molar-refractivity contribution >= 4 is 44.5 Å². The first kappa shape index (κ1) is 15.9. The Balaban J connectivity index is 1.81. The molecule has 0 spiro atoms. The van der Waals surface area contributed by atoms with Gasteiger partial charge in [-0.05, 0) is 25.1 Å². The van der Waals surface area contributed by atoms with Crippen LogP contribution >= 0.6 is 15.9 Å². The molecule has 0 bridgehead atoms. The second-order valence-electron chi connectivity index (χ2n) is 5.73. The molecule has 1 saturated heterocycles. The Morgan fingerprint density at radius 3 is 3.13 bits per heavy atom. The van der Waals surface area contributed by atoms with Gasteiger partial charge < -0.3 is 10.4 Å². The second-order valence-corrected chi connectivity index (χ2v) is 6.65. The number of benzene rings is 1. The molecule has 1 aliphatic rings. The summed E-state index contributed by atoms with van der Waals surface area (Å²) in [6, 6.07) is 5.33. The highest BCUT2D eigenvalue weighted by atomic mass is 79.9. The zero-order valence-electron chi connectivity index (χ0n) is 12.5. The molecule has 3 rings (SSSR count). The van der Waals surface area contributed by atoms with Crippen LogP contribution in [0.1, 0.15) is 13.3 Å². The summed E-state index contributed by atoms with van der Waals surface area (Å²) in [4.78, 5) is 26.0. The quantitative estimate of drug-likeness (QED) is 0.741. The van der Waals surface area contributed by atoms with Crippen LogP contribution in [0.4, 0.5) is 5.82 Å². The van der Waals surface area contributed by atoms with Crippen LogP contribution in [0.3, 0.4) is 0 Å². The highest BCUT2D eigenvalue weighted by molar-refractivity contribution is 9.10. The first-order valence-corrected chi connectivity index (χ1v) is 8.14. The van der Waals surface area contributed by atoms with Crippen molar-refractivity contribution in [2.75, 3.05) is 18.1 Å². The van der Waals surface area contributed by atoms with E-state index in [2.05, 4.69) is 31.4 Å². The summed E-state index contributed by atoms with van der Waals surface area (Å²) < 4.78 is 0.920. The number of hydrogen-bond acceptors (Lipinski definition) is 4. The monoisotopic (exact) mass is 380 g/mol. The number of nitrogens with zero attached hydrogens (tertiary/aromatic N) is 2. The van der Waals surface area contributed by atoms with Gasteiger partial charge in [0.25, 0.3) is 0 Å². The van der Waals surface area contributed by atoms with Gasteiger partial charge in [0.05, 0.1) is 18.0 Å². The SMILES string of the molecule is CC(CO)NC(=O)C1CC(=O)N(c2n[nH]c3cc(Br)ccc23)C1. The number of carbonyl (C=O) groups excluding carboxylic acids is 2. The van der Waals surface area contributed by atoms with Gasteiger partial charge in [-0.25, -0.2) is 0 Å². The molecule has 1 aromatic carbocycles. The lowest BCUT2D eigenvalue weighted by atomic mass is 10.1. The number of H-pyrrole nitrogens is 1. The minimum atomic E-state index is -0.432. The highest BCUT2D eigenvalue weighted by Crippen LogP contribution is 2.31. The molecule has 1 aliphatic heterocycles. The Hall–Kier alpha value is -1.93. The van der Waals surface area contributed by atoms with E-state index in [0.717, 1.165) is 15.4 Å². The topological polar surface area (TPSA) is 98.3 Å². The summed E-state index contributed by atoms with van der Waals surface area (Å²) in [6.07, 6.45) is 0.148. The van der Waals surface area contributed by atoms with Gasteiger partial charge >= 0.3 is 0 Å². The van der Waals surface area contributed by atoms with E-state index in [4.69, 9.17) is 5.11 Å². The fourth-order valence-electron chi connectivity index (χ4n) is 2.68. The minimum Gasteiger partial charge on any atom is -0.394 e. The lowest BCUT2D eigenvalue weighted by molar-refractivity contribution is -0.127. The summed E-state index contributed by atoms with van der Waals surface area (Å²) >= 11 is 3.39. The van der Waals surface area contributed by atoms with Crippen LogP contribution in [0, 0.1) is 5.92 Å². The third-order valence-electron chi connectivity index (χ3n) is 3.92. The van der Waals surface area contributed by atoms with Crippen molar-refractivity contribution in [1.82, 2.24) is 15.5 Å². The normalized spacial score (nSPS) is 19.3. The molecular weight excluding hydrogens is 364 g/mol. The number of hydrogen-bond donors (Lipinski definition) is 3. The van der Waals surface area contributed by atoms with Crippen molar-refractivity contribution in [1.29, 1.82) is 0 Å². The number of aromatic amines is 1.